The first-order valence-electron chi connectivity index (χ1n) is 7.01. The Bertz CT molecular complexity index is 303. The number of nitrogens with one attached hydrogen (secondary N) is 1. The Morgan fingerprint density at radius 1 is 1.18 bits per heavy atom. The van der Waals surface area contributed by atoms with E-state index in [0.717, 1.165) is 26.1 Å². The van der Waals surface area contributed by atoms with Crippen molar-refractivity contribution in [2.45, 2.75) is 50.2 Å². The molecule has 2 unspecified atom stereocenters. The molecule has 1 amide bonds. The summed E-state index contributed by atoms with van der Waals surface area (Å²) >= 11 is 0. The van der Waals surface area contributed by atoms with E-state index in [0.29, 0.717) is 18.0 Å². The lowest BCUT2D eigenvalue weighted by Crippen LogP contribution is -2.51. The van der Waals surface area contributed by atoms with Gasteiger partial charge in [0, 0.05) is 25.2 Å². The van der Waals surface area contributed by atoms with E-state index in [4.69, 9.17) is 0 Å². The number of rotatable bonds is 3. The van der Waals surface area contributed by atoms with Gasteiger partial charge < -0.3 is 10.2 Å². The van der Waals surface area contributed by atoms with Crippen LogP contribution in [0.1, 0.15) is 32.1 Å². The molecule has 2 heterocycles. The maximum Gasteiger partial charge on any atom is 0.240 e. The number of likely N-dealkylation sites (tertiary alicyclic amines) is 2. The first kappa shape index (κ1) is 11.5. The van der Waals surface area contributed by atoms with Crippen molar-refractivity contribution in [2.75, 3.05) is 26.7 Å². The summed E-state index contributed by atoms with van der Waals surface area (Å²) in [7, 11) is 2.03. The zero-order valence-electron chi connectivity index (χ0n) is 10.7. The van der Waals surface area contributed by atoms with Crippen LogP contribution < -0.4 is 5.32 Å². The predicted octanol–water partition coefficient (Wildman–Crippen LogP) is 0.433. The third kappa shape index (κ3) is 2.20. The van der Waals surface area contributed by atoms with Crippen molar-refractivity contribution in [3.63, 3.8) is 0 Å². The van der Waals surface area contributed by atoms with Gasteiger partial charge in [0.25, 0.3) is 0 Å². The summed E-state index contributed by atoms with van der Waals surface area (Å²) in [5.41, 5.74) is 0. The van der Waals surface area contributed by atoms with E-state index in [1.807, 2.05) is 7.05 Å². The minimum Gasteiger partial charge on any atom is -0.338 e. The second kappa shape index (κ2) is 4.58. The van der Waals surface area contributed by atoms with Gasteiger partial charge in [0.15, 0.2) is 0 Å². The molecule has 2 atom stereocenters. The molecule has 1 N–H and O–H groups in total. The molecule has 2 saturated heterocycles. The Balaban J connectivity index is 1.62. The summed E-state index contributed by atoms with van der Waals surface area (Å²) in [5, 5.41) is 3.35. The van der Waals surface area contributed by atoms with E-state index in [2.05, 4.69) is 15.1 Å². The van der Waals surface area contributed by atoms with E-state index in [9.17, 15) is 4.79 Å². The molecule has 0 radical (unpaired) electrons. The molecular weight excluding hydrogens is 214 g/mol. The van der Waals surface area contributed by atoms with Gasteiger partial charge in [-0.3, -0.25) is 9.69 Å². The molecule has 1 saturated carbocycles. The van der Waals surface area contributed by atoms with E-state index < -0.39 is 0 Å². The summed E-state index contributed by atoms with van der Waals surface area (Å²) in [6.07, 6.45) is 5.99. The van der Waals surface area contributed by atoms with Gasteiger partial charge >= 0.3 is 0 Å². The molecule has 0 spiro atoms. The number of likely N-dealkylation sites (N-methyl/N-ethyl adjacent to an activating group) is 1. The Labute approximate surface area is 103 Å². The van der Waals surface area contributed by atoms with Crippen LogP contribution >= 0.6 is 0 Å². The Morgan fingerprint density at radius 3 is 2.71 bits per heavy atom. The number of hydrogen-bond donors (Lipinski definition) is 1. The van der Waals surface area contributed by atoms with Crippen molar-refractivity contribution in [2.24, 2.45) is 0 Å². The zero-order chi connectivity index (χ0) is 11.8. The van der Waals surface area contributed by atoms with Gasteiger partial charge in [-0.2, -0.15) is 0 Å². The van der Waals surface area contributed by atoms with Crippen LogP contribution in [0, 0.1) is 0 Å². The normalized spacial score (nSPS) is 35.6. The van der Waals surface area contributed by atoms with E-state index in [1.54, 1.807) is 0 Å². The number of nitrogens with zero attached hydrogens (tertiary/aromatic N) is 2. The fraction of sp³-hybridized carbons (Fsp3) is 0.923. The summed E-state index contributed by atoms with van der Waals surface area (Å²) in [6, 6.07) is 1.36. The van der Waals surface area contributed by atoms with Crippen LogP contribution in [0.25, 0.3) is 0 Å². The Morgan fingerprint density at radius 2 is 2.00 bits per heavy atom. The fourth-order valence-electron chi connectivity index (χ4n) is 3.30. The lowest BCUT2D eigenvalue weighted by atomic mass is 10.0. The van der Waals surface area contributed by atoms with Crippen LogP contribution in [0.4, 0.5) is 0 Å². The van der Waals surface area contributed by atoms with Crippen molar-refractivity contribution in [3.8, 4) is 0 Å². The van der Waals surface area contributed by atoms with Crippen LogP contribution in [0.15, 0.2) is 0 Å². The van der Waals surface area contributed by atoms with Crippen molar-refractivity contribution in [1.29, 1.82) is 0 Å². The standard InChI is InChI=1S/C13H23N3O/c1-14-10-3-2-7-15(9-10)12-6-8-16(13(12)17)11-4-5-11/h10-12,14H,2-9H2,1H3. The Kier molecular flexibility index (Phi) is 3.09. The highest BCUT2D eigenvalue weighted by Gasteiger charge is 2.43. The molecule has 3 fully saturated rings. The smallest absolute Gasteiger partial charge is 0.240 e. The number of carbonyl (C=O) groups is 1. The van der Waals surface area contributed by atoms with Gasteiger partial charge in [0.1, 0.15) is 0 Å². The minimum atomic E-state index is 0.187. The highest BCUT2D eigenvalue weighted by atomic mass is 16.2. The largest absolute Gasteiger partial charge is 0.338 e. The topological polar surface area (TPSA) is 35.6 Å². The maximum atomic E-state index is 12.3. The molecule has 4 heteroatoms. The van der Waals surface area contributed by atoms with Gasteiger partial charge in [0.05, 0.1) is 6.04 Å². The van der Waals surface area contributed by atoms with Gasteiger partial charge in [0.2, 0.25) is 5.91 Å². The third-order valence-corrected chi connectivity index (χ3v) is 4.50. The van der Waals surface area contributed by atoms with Crippen LogP contribution in [0.3, 0.4) is 0 Å². The van der Waals surface area contributed by atoms with Crippen molar-refractivity contribution in [3.05, 3.63) is 0 Å². The molecule has 3 aliphatic rings. The molecule has 0 aromatic rings. The van der Waals surface area contributed by atoms with E-state index >= 15 is 0 Å². The average Bonchev–Trinajstić information content (AvgIpc) is 3.13. The predicted molar refractivity (Wildman–Crippen MR) is 66.8 cm³/mol. The third-order valence-electron chi connectivity index (χ3n) is 4.50. The highest BCUT2D eigenvalue weighted by Crippen LogP contribution is 2.32. The maximum absolute atomic E-state index is 12.3. The Hall–Kier alpha value is -0.610. The molecular formula is C13H23N3O. The van der Waals surface area contributed by atoms with Gasteiger partial charge in [-0.05, 0) is 45.7 Å². The summed E-state index contributed by atoms with van der Waals surface area (Å²) < 4.78 is 0. The van der Waals surface area contributed by atoms with Crippen LogP contribution in [0.5, 0.6) is 0 Å². The summed E-state index contributed by atoms with van der Waals surface area (Å²) in [5.74, 6) is 0.407. The van der Waals surface area contributed by atoms with Crippen molar-refractivity contribution in [1.82, 2.24) is 15.1 Å². The van der Waals surface area contributed by atoms with E-state index in [-0.39, 0.29) is 6.04 Å². The quantitative estimate of drug-likeness (QED) is 0.773. The lowest BCUT2D eigenvalue weighted by Gasteiger charge is -2.35. The van der Waals surface area contributed by atoms with Crippen LogP contribution in [0.2, 0.25) is 0 Å². The second-order valence-corrected chi connectivity index (χ2v) is 5.69. The van der Waals surface area contributed by atoms with Gasteiger partial charge in [-0.15, -0.1) is 0 Å². The molecule has 3 rings (SSSR count). The monoisotopic (exact) mass is 237 g/mol. The lowest BCUT2D eigenvalue weighted by molar-refractivity contribution is -0.133. The second-order valence-electron chi connectivity index (χ2n) is 5.69. The van der Waals surface area contributed by atoms with Crippen molar-refractivity contribution < 1.29 is 4.79 Å². The number of piperidine rings is 1. The van der Waals surface area contributed by atoms with E-state index in [1.165, 1.54) is 25.7 Å². The summed E-state index contributed by atoms with van der Waals surface area (Å²) in [6.45, 7) is 3.15. The molecule has 1 aliphatic carbocycles. The molecule has 17 heavy (non-hydrogen) atoms. The number of amides is 1. The molecule has 0 aromatic heterocycles. The first-order chi connectivity index (χ1) is 8.29. The van der Waals surface area contributed by atoms with Gasteiger partial charge in [-0.25, -0.2) is 0 Å². The van der Waals surface area contributed by atoms with Crippen LogP contribution in [-0.4, -0.2) is 60.5 Å². The number of hydrogen-bond acceptors (Lipinski definition) is 3. The van der Waals surface area contributed by atoms with Gasteiger partial charge in [-0.1, -0.05) is 0 Å². The molecule has 2 aliphatic heterocycles. The average molecular weight is 237 g/mol. The molecule has 96 valence electrons. The molecule has 0 aromatic carbocycles. The molecule has 0 bridgehead atoms. The number of carbonyl (C=O) groups excluding carboxylic acids is 1. The zero-order valence-corrected chi connectivity index (χ0v) is 10.7. The molecule has 4 nitrogen and oxygen atoms in total. The highest BCUT2D eigenvalue weighted by molar-refractivity contribution is 5.84. The summed E-state index contributed by atoms with van der Waals surface area (Å²) in [4.78, 5) is 16.9. The van der Waals surface area contributed by atoms with Crippen LogP contribution in [-0.2, 0) is 4.79 Å². The minimum absolute atomic E-state index is 0.187. The van der Waals surface area contributed by atoms with Crippen molar-refractivity contribution >= 4 is 5.91 Å². The SMILES string of the molecule is CNC1CCCN(C2CCN(C3CC3)C2=O)C1. The first-order valence-corrected chi connectivity index (χ1v) is 7.01. The fourth-order valence-corrected chi connectivity index (χ4v) is 3.30.